The number of para-hydroxylation sites is 2. The number of anilines is 1. The highest BCUT2D eigenvalue weighted by Crippen LogP contribution is 2.43. The molecule has 0 saturated heterocycles. The molecule has 1 aliphatic rings. The number of benzene rings is 1. The van der Waals surface area contributed by atoms with Gasteiger partial charge < -0.3 is 14.6 Å². The van der Waals surface area contributed by atoms with Gasteiger partial charge in [0.2, 0.25) is 5.78 Å². The maximum absolute atomic E-state index is 12.9. The van der Waals surface area contributed by atoms with E-state index in [1.807, 2.05) is 0 Å². The van der Waals surface area contributed by atoms with Gasteiger partial charge in [-0.2, -0.15) is 0 Å². The Bertz CT molecular complexity index is 1040. The van der Waals surface area contributed by atoms with Crippen LogP contribution in [-0.2, 0) is 4.79 Å². The monoisotopic (exact) mass is 362 g/mol. The molecule has 1 aliphatic heterocycles. The largest absolute Gasteiger partial charge is 0.506 e. The van der Waals surface area contributed by atoms with Crippen LogP contribution < -0.4 is 4.90 Å². The maximum atomic E-state index is 12.9. The van der Waals surface area contributed by atoms with Crippen molar-refractivity contribution in [2.75, 3.05) is 4.90 Å². The van der Waals surface area contributed by atoms with Crippen molar-refractivity contribution in [3.63, 3.8) is 0 Å². The van der Waals surface area contributed by atoms with Crippen LogP contribution in [0.25, 0.3) is 0 Å². The molecule has 3 heterocycles. The molecule has 2 aromatic heterocycles. The van der Waals surface area contributed by atoms with E-state index in [1.165, 1.54) is 36.7 Å². The first kappa shape index (κ1) is 16.6. The topological polar surface area (TPSA) is 104 Å². The lowest BCUT2D eigenvalue weighted by molar-refractivity contribution is -0.117. The number of Topliss-reactive ketones (excluding diaryl/α,β-unsaturated/α-hetero) is 1. The van der Waals surface area contributed by atoms with Gasteiger partial charge in [0.25, 0.3) is 5.91 Å². The van der Waals surface area contributed by atoms with Gasteiger partial charge in [0, 0.05) is 6.20 Å². The summed E-state index contributed by atoms with van der Waals surface area (Å²) in [6.45, 7) is 0. The molecule has 2 N–H and O–H groups in total. The Morgan fingerprint density at radius 2 is 1.81 bits per heavy atom. The third kappa shape index (κ3) is 2.65. The van der Waals surface area contributed by atoms with Crippen molar-refractivity contribution in [2.45, 2.75) is 6.04 Å². The number of phenols is 1. The Balaban J connectivity index is 1.91. The van der Waals surface area contributed by atoms with Gasteiger partial charge in [-0.1, -0.05) is 18.2 Å². The molecule has 0 saturated carbocycles. The fraction of sp³-hybridized carbons (Fsp3) is 0.0500. The highest BCUT2D eigenvalue weighted by atomic mass is 16.3. The maximum Gasteiger partial charge on any atom is 0.294 e. The molecule has 1 unspecified atom stereocenters. The number of amides is 1. The average molecular weight is 362 g/mol. The number of aliphatic hydroxyl groups excluding tert-OH is 1. The van der Waals surface area contributed by atoms with Crippen LogP contribution in [0.3, 0.4) is 0 Å². The van der Waals surface area contributed by atoms with Crippen molar-refractivity contribution in [2.24, 2.45) is 0 Å². The van der Waals surface area contributed by atoms with E-state index in [9.17, 15) is 19.8 Å². The van der Waals surface area contributed by atoms with E-state index in [-0.39, 0.29) is 22.8 Å². The summed E-state index contributed by atoms with van der Waals surface area (Å²) in [5.74, 6) is -2.30. The number of carbonyl (C=O) groups is 2. The van der Waals surface area contributed by atoms with E-state index >= 15 is 0 Å². The van der Waals surface area contributed by atoms with E-state index < -0.39 is 23.5 Å². The second kappa shape index (κ2) is 6.45. The molecule has 3 aromatic rings. The molecular weight excluding hydrogens is 348 g/mol. The van der Waals surface area contributed by atoms with Gasteiger partial charge in [0.05, 0.1) is 23.2 Å². The Hall–Kier alpha value is -3.87. The van der Waals surface area contributed by atoms with E-state index in [4.69, 9.17) is 4.42 Å². The molecule has 1 aromatic carbocycles. The summed E-state index contributed by atoms with van der Waals surface area (Å²) in [7, 11) is 0. The van der Waals surface area contributed by atoms with Crippen molar-refractivity contribution in [3.05, 3.63) is 89.8 Å². The minimum atomic E-state index is -1.01. The molecule has 1 amide bonds. The molecule has 7 nitrogen and oxygen atoms in total. The number of furan rings is 1. The van der Waals surface area contributed by atoms with E-state index in [2.05, 4.69) is 4.98 Å². The fourth-order valence-electron chi connectivity index (χ4n) is 3.11. The summed E-state index contributed by atoms with van der Waals surface area (Å²) in [6, 6.07) is 13.2. The Morgan fingerprint density at radius 3 is 2.48 bits per heavy atom. The van der Waals surface area contributed by atoms with E-state index in [1.54, 1.807) is 30.3 Å². The van der Waals surface area contributed by atoms with Crippen LogP contribution in [0.5, 0.6) is 5.75 Å². The minimum absolute atomic E-state index is 0.00980. The Kier molecular flexibility index (Phi) is 3.97. The van der Waals surface area contributed by atoms with Crippen LogP contribution in [0.2, 0.25) is 0 Å². The molecule has 4 rings (SSSR count). The molecule has 7 heteroatoms. The normalized spacial score (nSPS) is 16.8. The van der Waals surface area contributed by atoms with Gasteiger partial charge in [0.1, 0.15) is 11.8 Å². The number of rotatable bonds is 4. The molecular formula is C20H14N2O5. The van der Waals surface area contributed by atoms with Crippen molar-refractivity contribution in [1.82, 2.24) is 4.98 Å². The summed E-state index contributed by atoms with van der Waals surface area (Å²) >= 11 is 0. The van der Waals surface area contributed by atoms with E-state index in [0.717, 1.165) is 4.90 Å². The predicted molar refractivity (Wildman–Crippen MR) is 95.3 cm³/mol. The average Bonchev–Trinajstić information content (AvgIpc) is 3.31. The van der Waals surface area contributed by atoms with Crippen molar-refractivity contribution >= 4 is 17.4 Å². The smallest absolute Gasteiger partial charge is 0.294 e. The van der Waals surface area contributed by atoms with Gasteiger partial charge in [-0.3, -0.25) is 19.5 Å². The second-order valence-corrected chi connectivity index (χ2v) is 5.89. The van der Waals surface area contributed by atoms with Crippen LogP contribution in [-0.4, -0.2) is 26.9 Å². The van der Waals surface area contributed by atoms with Gasteiger partial charge in [0.15, 0.2) is 11.5 Å². The Morgan fingerprint density at radius 1 is 1.04 bits per heavy atom. The summed E-state index contributed by atoms with van der Waals surface area (Å²) in [6.07, 6.45) is 2.85. The van der Waals surface area contributed by atoms with Crippen molar-refractivity contribution in [1.29, 1.82) is 0 Å². The third-order valence-corrected chi connectivity index (χ3v) is 4.31. The van der Waals surface area contributed by atoms with Crippen LogP contribution in [0.1, 0.15) is 22.3 Å². The molecule has 27 heavy (non-hydrogen) atoms. The number of hydrogen-bond donors (Lipinski definition) is 2. The van der Waals surface area contributed by atoms with Crippen LogP contribution in [0, 0.1) is 0 Å². The first-order valence-electron chi connectivity index (χ1n) is 8.13. The number of aliphatic hydroxyl groups is 1. The molecule has 0 fully saturated rings. The first-order valence-corrected chi connectivity index (χ1v) is 8.13. The van der Waals surface area contributed by atoms with Gasteiger partial charge >= 0.3 is 0 Å². The molecule has 134 valence electrons. The van der Waals surface area contributed by atoms with Crippen LogP contribution >= 0.6 is 0 Å². The summed E-state index contributed by atoms with van der Waals surface area (Å²) < 4.78 is 5.15. The number of aromatic hydroxyl groups is 1. The van der Waals surface area contributed by atoms with Gasteiger partial charge in [-0.15, -0.1) is 0 Å². The van der Waals surface area contributed by atoms with Gasteiger partial charge in [-0.25, -0.2) is 0 Å². The second-order valence-electron chi connectivity index (χ2n) is 5.89. The first-order chi connectivity index (χ1) is 13.1. The lowest BCUT2D eigenvalue weighted by Crippen LogP contribution is -2.31. The lowest BCUT2D eigenvalue weighted by Gasteiger charge is -2.26. The van der Waals surface area contributed by atoms with E-state index in [0.29, 0.717) is 5.69 Å². The number of nitrogens with zero attached hydrogens (tertiary/aromatic N) is 2. The summed E-state index contributed by atoms with van der Waals surface area (Å²) in [4.78, 5) is 31.2. The zero-order chi connectivity index (χ0) is 19.0. The highest BCUT2D eigenvalue weighted by Gasteiger charge is 2.46. The van der Waals surface area contributed by atoms with Crippen LogP contribution in [0.15, 0.2) is 82.8 Å². The standard InChI is InChI=1S/C20H14N2O5/c23-14-8-2-1-7-13(14)22-17(12-6-3-4-10-21-12)16(19(25)20(22)26)18(24)15-9-5-11-27-15/h1-11,17,23,25H. The number of hydrogen-bond acceptors (Lipinski definition) is 6. The summed E-state index contributed by atoms with van der Waals surface area (Å²) in [5, 5.41) is 20.7. The highest BCUT2D eigenvalue weighted by molar-refractivity contribution is 6.20. The molecule has 0 aliphatic carbocycles. The summed E-state index contributed by atoms with van der Waals surface area (Å²) in [5.41, 5.74) is 0.372. The lowest BCUT2D eigenvalue weighted by atomic mass is 9.98. The number of ketones is 1. The minimum Gasteiger partial charge on any atom is -0.506 e. The number of carbonyl (C=O) groups excluding carboxylic acids is 2. The van der Waals surface area contributed by atoms with Crippen molar-refractivity contribution in [3.8, 4) is 5.75 Å². The molecule has 0 spiro atoms. The number of phenolic OH excluding ortho intramolecular Hbond substituents is 1. The zero-order valence-electron chi connectivity index (χ0n) is 13.9. The molecule has 0 radical (unpaired) electrons. The van der Waals surface area contributed by atoms with Crippen LogP contribution in [0.4, 0.5) is 5.69 Å². The van der Waals surface area contributed by atoms with Gasteiger partial charge in [-0.05, 0) is 36.4 Å². The third-order valence-electron chi connectivity index (χ3n) is 4.31. The molecule has 0 bridgehead atoms. The fourth-order valence-corrected chi connectivity index (χ4v) is 3.11. The number of aromatic nitrogens is 1. The SMILES string of the molecule is O=C(C1=C(O)C(=O)N(c2ccccc2O)C1c1ccccn1)c1ccco1. The predicted octanol–water partition coefficient (Wildman–Crippen LogP) is 3.16. The Labute approximate surface area is 153 Å². The molecule has 1 atom stereocenters. The number of pyridine rings is 1. The zero-order valence-corrected chi connectivity index (χ0v) is 13.9. The van der Waals surface area contributed by atoms with Crippen molar-refractivity contribution < 1.29 is 24.2 Å². The quantitative estimate of drug-likeness (QED) is 0.691.